The molecule has 0 bridgehead atoms. The van der Waals surface area contributed by atoms with Crippen LogP contribution in [0.3, 0.4) is 0 Å². The Hall–Kier alpha value is -1.53. The first-order valence-electron chi connectivity index (χ1n) is 5.64. The molecule has 0 amide bonds. The number of aliphatic hydroxyl groups excluding tert-OH is 1. The summed E-state index contributed by atoms with van der Waals surface area (Å²) in [6.07, 6.45) is 0.760. The summed E-state index contributed by atoms with van der Waals surface area (Å²) in [6.45, 7) is 0. The van der Waals surface area contributed by atoms with Crippen LogP contribution in [0.25, 0.3) is 0 Å². The Bertz CT molecular complexity index is 472. The Morgan fingerprint density at radius 2 is 2.11 bits per heavy atom. The van der Waals surface area contributed by atoms with Gasteiger partial charge < -0.3 is 14.9 Å². The fraction of sp³-hybridized carbons (Fsp3) is 0.385. The van der Waals surface area contributed by atoms with Crippen LogP contribution < -0.4 is 0 Å². The van der Waals surface area contributed by atoms with E-state index < -0.39 is 12.1 Å². The van der Waals surface area contributed by atoms with Crippen molar-refractivity contribution in [3.8, 4) is 0 Å². The van der Waals surface area contributed by atoms with Crippen LogP contribution >= 0.6 is 11.8 Å². The number of hydrogen-bond donors (Lipinski definition) is 2. The SMILES string of the molecule is COC(=O)CCc1ccc(SC)cc1C(O)C(=O)O. The van der Waals surface area contributed by atoms with Gasteiger partial charge in [0.25, 0.3) is 0 Å². The van der Waals surface area contributed by atoms with E-state index in [1.54, 1.807) is 12.1 Å². The number of carbonyl (C=O) groups excluding carboxylic acids is 1. The third kappa shape index (κ3) is 4.25. The van der Waals surface area contributed by atoms with Gasteiger partial charge in [-0.2, -0.15) is 0 Å². The van der Waals surface area contributed by atoms with Crippen LogP contribution in [0.4, 0.5) is 0 Å². The Labute approximate surface area is 115 Å². The second kappa shape index (κ2) is 7.16. The first kappa shape index (κ1) is 15.5. The van der Waals surface area contributed by atoms with E-state index in [2.05, 4.69) is 4.74 Å². The lowest BCUT2D eigenvalue weighted by Crippen LogP contribution is -2.13. The van der Waals surface area contributed by atoms with Gasteiger partial charge in [-0.3, -0.25) is 4.79 Å². The number of carboxylic acids is 1. The van der Waals surface area contributed by atoms with E-state index in [9.17, 15) is 14.7 Å². The summed E-state index contributed by atoms with van der Waals surface area (Å²) in [6, 6.07) is 5.20. The molecule has 0 saturated heterocycles. The lowest BCUT2D eigenvalue weighted by atomic mass is 9.98. The summed E-state index contributed by atoms with van der Waals surface area (Å²) in [5.41, 5.74) is 0.960. The topological polar surface area (TPSA) is 83.8 Å². The summed E-state index contributed by atoms with van der Waals surface area (Å²) in [5, 5.41) is 18.6. The molecule has 104 valence electrons. The molecule has 1 aromatic carbocycles. The van der Waals surface area contributed by atoms with Crippen LogP contribution in [0.5, 0.6) is 0 Å². The van der Waals surface area contributed by atoms with Gasteiger partial charge in [0, 0.05) is 11.3 Å². The second-order valence-electron chi connectivity index (χ2n) is 3.88. The molecule has 0 spiro atoms. The molecule has 0 fully saturated rings. The summed E-state index contributed by atoms with van der Waals surface area (Å²) >= 11 is 1.45. The highest BCUT2D eigenvalue weighted by Crippen LogP contribution is 2.25. The highest BCUT2D eigenvalue weighted by molar-refractivity contribution is 7.98. The van der Waals surface area contributed by atoms with Crippen LogP contribution in [0.15, 0.2) is 23.1 Å². The van der Waals surface area contributed by atoms with Crippen LogP contribution in [-0.2, 0) is 20.7 Å². The van der Waals surface area contributed by atoms with Crippen molar-refractivity contribution in [1.29, 1.82) is 0 Å². The molecule has 2 N–H and O–H groups in total. The van der Waals surface area contributed by atoms with E-state index >= 15 is 0 Å². The van der Waals surface area contributed by atoms with Crippen molar-refractivity contribution in [2.75, 3.05) is 13.4 Å². The van der Waals surface area contributed by atoms with Crippen molar-refractivity contribution in [3.63, 3.8) is 0 Å². The largest absolute Gasteiger partial charge is 0.479 e. The standard InChI is InChI=1S/C13H16O5S/c1-18-11(14)6-4-8-3-5-9(19-2)7-10(8)12(15)13(16)17/h3,5,7,12,15H,4,6H2,1-2H3,(H,16,17). The lowest BCUT2D eigenvalue weighted by Gasteiger charge is -2.13. The zero-order valence-corrected chi connectivity index (χ0v) is 11.6. The number of ether oxygens (including phenoxy) is 1. The smallest absolute Gasteiger partial charge is 0.337 e. The molecule has 0 aromatic heterocycles. The number of rotatable bonds is 6. The van der Waals surface area contributed by atoms with Gasteiger partial charge in [-0.15, -0.1) is 11.8 Å². The fourth-order valence-corrected chi connectivity index (χ4v) is 2.10. The van der Waals surface area contributed by atoms with Crippen LogP contribution in [-0.4, -0.2) is 35.5 Å². The summed E-state index contributed by atoms with van der Waals surface area (Å²) < 4.78 is 4.54. The zero-order valence-electron chi connectivity index (χ0n) is 10.8. The Balaban J connectivity index is 3.01. The predicted octanol–water partition coefficient (Wildman–Crippen LogP) is 1.63. The maximum absolute atomic E-state index is 11.1. The minimum Gasteiger partial charge on any atom is -0.479 e. The molecular weight excluding hydrogens is 268 g/mol. The molecule has 19 heavy (non-hydrogen) atoms. The maximum Gasteiger partial charge on any atom is 0.337 e. The van der Waals surface area contributed by atoms with E-state index in [1.807, 2.05) is 12.3 Å². The predicted molar refractivity (Wildman–Crippen MR) is 71.2 cm³/mol. The Morgan fingerprint density at radius 3 is 2.63 bits per heavy atom. The fourth-order valence-electron chi connectivity index (χ4n) is 1.65. The molecule has 1 atom stereocenters. The summed E-state index contributed by atoms with van der Waals surface area (Å²) in [5.74, 6) is -1.68. The number of hydrogen-bond acceptors (Lipinski definition) is 5. The van der Waals surface area contributed by atoms with E-state index in [-0.39, 0.29) is 12.4 Å². The average Bonchev–Trinajstić information content (AvgIpc) is 2.43. The van der Waals surface area contributed by atoms with E-state index in [0.717, 1.165) is 4.90 Å². The molecule has 0 aliphatic carbocycles. The van der Waals surface area contributed by atoms with Crippen molar-refractivity contribution in [2.24, 2.45) is 0 Å². The number of carbonyl (C=O) groups is 2. The molecular formula is C13H16O5S. The highest BCUT2D eigenvalue weighted by atomic mass is 32.2. The van der Waals surface area contributed by atoms with Gasteiger partial charge in [-0.25, -0.2) is 4.79 Å². The minimum atomic E-state index is -1.58. The summed E-state index contributed by atoms with van der Waals surface area (Å²) in [4.78, 5) is 22.9. The molecule has 0 aliphatic rings. The van der Waals surface area contributed by atoms with Crippen LogP contribution in [0.2, 0.25) is 0 Å². The van der Waals surface area contributed by atoms with Gasteiger partial charge in [0.2, 0.25) is 0 Å². The normalized spacial score (nSPS) is 11.9. The molecule has 0 aliphatic heterocycles. The number of aliphatic hydroxyl groups is 1. The number of carboxylic acid groups (broad SMARTS) is 1. The minimum absolute atomic E-state index is 0.147. The Kier molecular flexibility index (Phi) is 5.85. The van der Waals surface area contributed by atoms with Gasteiger partial charge in [-0.1, -0.05) is 6.07 Å². The van der Waals surface area contributed by atoms with Gasteiger partial charge >= 0.3 is 11.9 Å². The van der Waals surface area contributed by atoms with E-state index in [1.165, 1.54) is 18.9 Å². The first-order valence-corrected chi connectivity index (χ1v) is 6.86. The molecule has 6 heteroatoms. The van der Waals surface area contributed by atoms with Crippen molar-refractivity contribution >= 4 is 23.7 Å². The number of esters is 1. The number of benzene rings is 1. The van der Waals surface area contributed by atoms with Crippen LogP contribution in [0, 0.1) is 0 Å². The van der Waals surface area contributed by atoms with Crippen molar-refractivity contribution in [1.82, 2.24) is 0 Å². The van der Waals surface area contributed by atoms with Gasteiger partial charge in [0.05, 0.1) is 7.11 Å². The van der Waals surface area contributed by atoms with Crippen molar-refractivity contribution in [3.05, 3.63) is 29.3 Å². The molecule has 5 nitrogen and oxygen atoms in total. The lowest BCUT2D eigenvalue weighted by molar-refractivity contribution is -0.147. The van der Waals surface area contributed by atoms with Crippen molar-refractivity contribution < 1.29 is 24.5 Å². The zero-order chi connectivity index (χ0) is 14.4. The van der Waals surface area contributed by atoms with E-state index in [0.29, 0.717) is 17.5 Å². The average molecular weight is 284 g/mol. The molecule has 1 rings (SSSR count). The molecule has 1 unspecified atom stereocenters. The number of methoxy groups -OCH3 is 1. The quantitative estimate of drug-likeness (QED) is 0.610. The highest BCUT2D eigenvalue weighted by Gasteiger charge is 2.20. The maximum atomic E-state index is 11.1. The molecule has 0 heterocycles. The van der Waals surface area contributed by atoms with Crippen molar-refractivity contribution in [2.45, 2.75) is 23.8 Å². The van der Waals surface area contributed by atoms with Crippen LogP contribution in [0.1, 0.15) is 23.7 Å². The Morgan fingerprint density at radius 1 is 1.42 bits per heavy atom. The van der Waals surface area contributed by atoms with Gasteiger partial charge in [0.15, 0.2) is 6.10 Å². The van der Waals surface area contributed by atoms with E-state index in [4.69, 9.17) is 5.11 Å². The first-order chi connectivity index (χ1) is 8.99. The second-order valence-corrected chi connectivity index (χ2v) is 4.76. The monoisotopic (exact) mass is 284 g/mol. The summed E-state index contributed by atoms with van der Waals surface area (Å²) in [7, 11) is 1.30. The number of aryl methyl sites for hydroxylation is 1. The third-order valence-corrected chi connectivity index (χ3v) is 3.43. The molecule has 1 aromatic rings. The number of thioether (sulfide) groups is 1. The van der Waals surface area contributed by atoms with Gasteiger partial charge in [0.1, 0.15) is 0 Å². The molecule has 0 saturated carbocycles. The number of aliphatic carboxylic acids is 1. The molecule has 0 radical (unpaired) electrons. The third-order valence-electron chi connectivity index (χ3n) is 2.71. The van der Waals surface area contributed by atoms with Gasteiger partial charge in [-0.05, 0) is 35.9 Å².